The largest absolute Gasteiger partial charge is 0.457 e. The second kappa shape index (κ2) is 14.8. The summed E-state index contributed by atoms with van der Waals surface area (Å²) < 4.78 is 46.6. The molecule has 4 heterocycles. The summed E-state index contributed by atoms with van der Waals surface area (Å²) in [5.74, 6) is -0.768. The molecule has 6 rings (SSSR count). The molecule has 3 aliphatic heterocycles. The smallest absolute Gasteiger partial charge is 0.243 e. The summed E-state index contributed by atoms with van der Waals surface area (Å²) in [6.07, 6.45) is 3.84. The Morgan fingerprint density at radius 1 is 0.979 bits per heavy atom. The minimum Gasteiger partial charge on any atom is -0.457 e. The molecule has 0 saturated carbocycles. The number of hydrogen-bond acceptors (Lipinski definition) is 9. The van der Waals surface area contributed by atoms with Gasteiger partial charge in [-0.25, -0.2) is 8.42 Å². The number of ether oxygens (including phenoxy) is 3. The van der Waals surface area contributed by atoms with Crippen molar-refractivity contribution in [3.05, 3.63) is 77.6 Å². The van der Waals surface area contributed by atoms with E-state index < -0.39 is 52.2 Å². The average molecular weight is 681 g/mol. The fraction of sp³-hybridized carbons (Fsp3) is 0.455. The number of rotatable bonds is 6. The molecule has 0 radical (unpaired) electrons. The third kappa shape index (κ3) is 8.39. The highest BCUT2D eigenvalue weighted by Crippen LogP contribution is 2.27. The molecule has 15 heteroatoms. The van der Waals surface area contributed by atoms with Crippen molar-refractivity contribution in [2.45, 2.75) is 63.1 Å². The molecule has 0 spiro atoms. The number of carbonyl (C=O) groups is 3. The van der Waals surface area contributed by atoms with Gasteiger partial charge < -0.3 is 30.2 Å². The van der Waals surface area contributed by atoms with Crippen molar-refractivity contribution in [3.8, 4) is 11.5 Å². The van der Waals surface area contributed by atoms with Gasteiger partial charge in [0, 0.05) is 44.7 Å². The van der Waals surface area contributed by atoms with Gasteiger partial charge in [-0.05, 0) is 54.7 Å². The minimum absolute atomic E-state index is 0.0418. The van der Waals surface area contributed by atoms with Crippen molar-refractivity contribution in [3.63, 3.8) is 0 Å². The molecule has 48 heavy (non-hydrogen) atoms. The van der Waals surface area contributed by atoms with Crippen LogP contribution in [0.15, 0.2) is 60.9 Å². The summed E-state index contributed by atoms with van der Waals surface area (Å²) >= 11 is 0. The summed E-state index contributed by atoms with van der Waals surface area (Å²) in [6.45, 7) is 1.22. The molecule has 2 unspecified atom stereocenters. The van der Waals surface area contributed by atoms with Gasteiger partial charge in [0.05, 0.1) is 25.2 Å². The van der Waals surface area contributed by atoms with E-state index in [1.807, 2.05) is 6.07 Å². The first-order valence-corrected chi connectivity index (χ1v) is 17.7. The predicted octanol–water partition coefficient (Wildman–Crippen LogP) is 1.15. The van der Waals surface area contributed by atoms with Crippen LogP contribution >= 0.6 is 0 Å². The number of sulfonamides is 1. The maximum atomic E-state index is 14.1. The highest BCUT2D eigenvalue weighted by Gasteiger charge is 2.40. The molecule has 3 aliphatic rings. The Hall–Kier alpha value is -4.31. The summed E-state index contributed by atoms with van der Waals surface area (Å²) in [5, 5.41) is 12.7. The Balaban J connectivity index is 1.35. The van der Waals surface area contributed by atoms with Gasteiger partial charge in [-0.1, -0.05) is 24.3 Å². The Labute approximate surface area is 279 Å². The molecule has 2 saturated heterocycles. The summed E-state index contributed by atoms with van der Waals surface area (Å²) in [4.78, 5) is 41.8. The lowest BCUT2D eigenvalue weighted by atomic mass is 10.0. The SMILES string of the molecule is Cn1cc(CNC(=O)C2Cc3cccc(c3)Oc3cccc(c3)CC(N3CCCS3(=O)=O)C(=O)N[C@@H](CC3OCCCO3)C(=O)N2)cn1. The number of amides is 3. The second-order valence-corrected chi connectivity index (χ2v) is 14.3. The van der Waals surface area contributed by atoms with Crippen molar-refractivity contribution >= 4 is 27.7 Å². The zero-order valence-electron chi connectivity index (χ0n) is 26.7. The summed E-state index contributed by atoms with van der Waals surface area (Å²) in [6, 6.07) is 11.0. The molecular formula is C33H40N6O8S. The van der Waals surface area contributed by atoms with Gasteiger partial charge in [-0.2, -0.15) is 9.40 Å². The van der Waals surface area contributed by atoms with Crippen LogP contribution in [0.4, 0.5) is 0 Å². The molecular weight excluding hydrogens is 640 g/mol. The molecule has 3 amide bonds. The molecule has 3 atom stereocenters. The topological polar surface area (TPSA) is 170 Å². The standard InChI is InChI=1S/C33H40N6O8S/c1-38-21-24(20-35-38)19-34-31(40)27-16-22-6-2-8-25(14-22)47-26-9-3-7-23(15-26)17-29(39-10-4-13-48(39,43)44)33(42)37-28(32(41)36-27)18-30-45-11-5-12-46-30/h2-3,6-9,14-15,20-21,27-30H,4-5,10-13,16-19H2,1H3,(H,34,40)(H,36,41)(H,37,42)/t27?,28-,29?/m0/s1. The Morgan fingerprint density at radius 3 is 2.33 bits per heavy atom. The third-order valence-corrected chi connectivity index (χ3v) is 10.5. The quantitative estimate of drug-likeness (QED) is 0.346. The van der Waals surface area contributed by atoms with Crippen LogP contribution in [0.2, 0.25) is 0 Å². The predicted molar refractivity (Wildman–Crippen MR) is 173 cm³/mol. The van der Waals surface area contributed by atoms with Gasteiger partial charge in [0.25, 0.3) is 0 Å². The first-order valence-electron chi connectivity index (χ1n) is 16.1. The van der Waals surface area contributed by atoms with Crippen LogP contribution in [0.3, 0.4) is 0 Å². The average Bonchev–Trinajstić information content (AvgIpc) is 3.65. The minimum atomic E-state index is -3.71. The molecule has 4 bridgehead atoms. The number of nitrogens with zero attached hydrogens (tertiary/aromatic N) is 3. The monoisotopic (exact) mass is 680 g/mol. The molecule has 3 N–H and O–H groups in total. The zero-order valence-corrected chi connectivity index (χ0v) is 27.5. The lowest BCUT2D eigenvalue weighted by Crippen LogP contribution is -2.58. The number of hydrogen-bond donors (Lipinski definition) is 3. The fourth-order valence-corrected chi connectivity index (χ4v) is 7.82. The molecule has 14 nitrogen and oxygen atoms in total. The molecule has 0 aliphatic carbocycles. The number of fused-ring (bicyclic) bond motifs is 4. The number of nitrogens with one attached hydrogen (secondary N) is 3. The van der Waals surface area contributed by atoms with E-state index >= 15 is 0 Å². The van der Waals surface area contributed by atoms with Crippen molar-refractivity contribution in [2.24, 2.45) is 7.05 Å². The van der Waals surface area contributed by atoms with Crippen LogP contribution < -0.4 is 20.7 Å². The van der Waals surface area contributed by atoms with E-state index in [1.165, 1.54) is 4.31 Å². The number of benzene rings is 2. The third-order valence-electron chi connectivity index (χ3n) is 8.51. The lowest BCUT2D eigenvalue weighted by Gasteiger charge is -2.31. The molecule has 2 fully saturated rings. The highest BCUT2D eigenvalue weighted by atomic mass is 32.2. The summed E-state index contributed by atoms with van der Waals surface area (Å²) in [7, 11) is -1.94. The van der Waals surface area contributed by atoms with E-state index in [2.05, 4.69) is 21.0 Å². The normalized spacial score (nSPS) is 23.9. The van der Waals surface area contributed by atoms with E-state index in [-0.39, 0.29) is 38.1 Å². The molecule has 3 aromatic rings. The van der Waals surface area contributed by atoms with Crippen LogP contribution in [-0.2, 0) is 60.3 Å². The van der Waals surface area contributed by atoms with Crippen molar-refractivity contribution in [1.29, 1.82) is 0 Å². The second-order valence-electron chi connectivity index (χ2n) is 12.2. The van der Waals surface area contributed by atoms with Gasteiger partial charge in [-0.3, -0.25) is 19.1 Å². The maximum Gasteiger partial charge on any atom is 0.243 e. The molecule has 1 aromatic heterocycles. The van der Waals surface area contributed by atoms with E-state index in [4.69, 9.17) is 14.2 Å². The van der Waals surface area contributed by atoms with E-state index in [1.54, 1.807) is 66.6 Å². The number of aryl methyl sites for hydroxylation is 1. The first-order chi connectivity index (χ1) is 23.1. The maximum absolute atomic E-state index is 14.1. The zero-order chi connectivity index (χ0) is 33.7. The Kier molecular flexibility index (Phi) is 10.4. The van der Waals surface area contributed by atoms with E-state index in [0.29, 0.717) is 43.1 Å². The van der Waals surface area contributed by atoms with Crippen LogP contribution in [0.25, 0.3) is 0 Å². The van der Waals surface area contributed by atoms with Gasteiger partial charge in [0.1, 0.15) is 29.6 Å². The van der Waals surface area contributed by atoms with Gasteiger partial charge in [0.15, 0.2) is 6.29 Å². The molecule has 256 valence electrons. The van der Waals surface area contributed by atoms with Gasteiger partial charge >= 0.3 is 0 Å². The Bertz CT molecular complexity index is 1740. The van der Waals surface area contributed by atoms with Crippen molar-refractivity contribution in [2.75, 3.05) is 25.5 Å². The highest BCUT2D eigenvalue weighted by molar-refractivity contribution is 7.89. The first kappa shape index (κ1) is 33.6. The van der Waals surface area contributed by atoms with Crippen molar-refractivity contribution < 1.29 is 37.0 Å². The van der Waals surface area contributed by atoms with E-state index in [0.717, 1.165) is 11.1 Å². The summed E-state index contributed by atoms with van der Waals surface area (Å²) in [5.41, 5.74) is 2.20. The van der Waals surface area contributed by atoms with Crippen LogP contribution in [0, 0.1) is 0 Å². The van der Waals surface area contributed by atoms with Gasteiger partial charge in [-0.15, -0.1) is 0 Å². The fourth-order valence-electron chi connectivity index (χ4n) is 6.12. The van der Waals surface area contributed by atoms with Crippen LogP contribution in [-0.4, -0.2) is 90.2 Å². The number of aromatic nitrogens is 2. The van der Waals surface area contributed by atoms with Gasteiger partial charge in [0.2, 0.25) is 27.7 Å². The lowest BCUT2D eigenvalue weighted by molar-refractivity contribution is -0.185. The number of carbonyl (C=O) groups excluding carboxylic acids is 3. The van der Waals surface area contributed by atoms with Crippen LogP contribution in [0.1, 0.15) is 36.0 Å². The Morgan fingerprint density at radius 2 is 1.69 bits per heavy atom. The van der Waals surface area contributed by atoms with E-state index in [9.17, 15) is 22.8 Å². The molecule has 2 aromatic carbocycles. The van der Waals surface area contributed by atoms with Crippen LogP contribution in [0.5, 0.6) is 11.5 Å². The van der Waals surface area contributed by atoms with Crippen molar-refractivity contribution in [1.82, 2.24) is 30.0 Å².